The fourth-order valence-corrected chi connectivity index (χ4v) is 1.99. The summed E-state index contributed by atoms with van der Waals surface area (Å²) in [4.78, 5) is 0. The Hall–Kier alpha value is 0.0700. The van der Waals surface area contributed by atoms with E-state index in [0.29, 0.717) is 6.61 Å². The van der Waals surface area contributed by atoms with Gasteiger partial charge in [-0.2, -0.15) is 0 Å². The highest BCUT2D eigenvalue weighted by molar-refractivity contribution is 7.48. The molecular weight excluding hydrogens is 171 g/mol. The maximum absolute atomic E-state index is 11.2. The molecule has 66 valence electrons. The van der Waals surface area contributed by atoms with Gasteiger partial charge in [-0.05, 0) is 6.92 Å². The largest absolute Gasteiger partial charge is 0.477 e. The van der Waals surface area contributed by atoms with Gasteiger partial charge in [0.1, 0.15) is 0 Å². The topological polar surface area (TPSA) is 54.0 Å². The highest BCUT2D eigenvalue weighted by Gasteiger charge is 2.36. The Morgan fingerprint density at radius 2 is 2.45 bits per heavy atom. The van der Waals surface area contributed by atoms with Crippen LogP contribution in [0.15, 0.2) is 0 Å². The normalized spacial score (nSPS) is 37.8. The van der Waals surface area contributed by atoms with Gasteiger partial charge < -0.3 is 4.74 Å². The quantitative estimate of drug-likeness (QED) is 0.484. The second-order valence-electron chi connectivity index (χ2n) is 2.19. The van der Waals surface area contributed by atoms with Crippen molar-refractivity contribution in [1.82, 2.24) is 0 Å². The lowest BCUT2D eigenvalue weighted by atomic mass is 10.5. The van der Waals surface area contributed by atoms with E-state index in [1.54, 1.807) is 6.92 Å². The summed E-state index contributed by atoms with van der Waals surface area (Å²) in [5, 5.41) is 0. The molecule has 0 N–H and O–H groups in total. The van der Waals surface area contributed by atoms with E-state index in [2.05, 4.69) is 4.74 Å². The van der Waals surface area contributed by atoms with Crippen LogP contribution in [0, 0.1) is 0 Å². The number of rotatable bonds is 3. The number of phosphoric ester groups is 1. The van der Waals surface area contributed by atoms with Crippen molar-refractivity contribution in [3.05, 3.63) is 0 Å². The third-order valence-corrected chi connectivity index (χ3v) is 2.61. The first kappa shape index (κ1) is 9.16. The molecule has 5 nitrogen and oxygen atoms in total. The fourth-order valence-electron chi connectivity index (χ4n) is 0.662. The van der Waals surface area contributed by atoms with Gasteiger partial charge >= 0.3 is 7.82 Å². The van der Waals surface area contributed by atoms with Crippen molar-refractivity contribution < 1.29 is 22.9 Å². The Labute approximate surface area is 65.2 Å². The van der Waals surface area contributed by atoms with E-state index >= 15 is 0 Å². The molecule has 1 heterocycles. The molecule has 2 unspecified atom stereocenters. The average Bonchev–Trinajstić information content (AvgIpc) is 2.28. The third kappa shape index (κ3) is 2.54. The van der Waals surface area contributed by atoms with E-state index in [9.17, 15) is 4.57 Å². The molecule has 0 aliphatic carbocycles. The molecule has 0 aromatic rings. The minimum absolute atomic E-state index is 0.0794. The lowest BCUT2D eigenvalue weighted by Gasteiger charge is -2.08. The van der Waals surface area contributed by atoms with E-state index in [1.807, 2.05) is 0 Å². The Morgan fingerprint density at radius 1 is 1.73 bits per heavy atom. The standard InChI is InChI=1S/C5H11O5P/c1-5-3-8-11(6,10-5)9-4-7-2/h5H,3-4H2,1-2H3. The van der Waals surface area contributed by atoms with Crippen LogP contribution in [-0.2, 0) is 22.9 Å². The van der Waals surface area contributed by atoms with Gasteiger partial charge in [-0.25, -0.2) is 4.57 Å². The van der Waals surface area contributed by atoms with Gasteiger partial charge in [-0.15, -0.1) is 0 Å². The Morgan fingerprint density at radius 3 is 2.91 bits per heavy atom. The predicted molar refractivity (Wildman–Crippen MR) is 37.1 cm³/mol. The van der Waals surface area contributed by atoms with Crippen LogP contribution in [0.4, 0.5) is 0 Å². The number of methoxy groups -OCH3 is 1. The molecule has 0 bridgehead atoms. The van der Waals surface area contributed by atoms with E-state index in [-0.39, 0.29) is 12.9 Å². The molecule has 0 saturated carbocycles. The maximum atomic E-state index is 11.2. The van der Waals surface area contributed by atoms with Crippen LogP contribution in [0.1, 0.15) is 6.92 Å². The lowest BCUT2D eigenvalue weighted by molar-refractivity contribution is 0.0262. The van der Waals surface area contributed by atoms with Gasteiger partial charge in [-0.3, -0.25) is 13.6 Å². The molecule has 2 atom stereocenters. The zero-order valence-electron chi connectivity index (χ0n) is 6.48. The molecule has 0 radical (unpaired) electrons. The summed E-state index contributed by atoms with van der Waals surface area (Å²) in [6, 6.07) is 0. The summed E-state index contributed by atoms with van der Waals surface area (Å²) in [6.45, 7) is 1.99. The Balaban J connectivity index is 2.36. The van der Waals surface area contributed by atoms with Crippen LogP contribution in [0.3, 0.4) is 0 Å². The minimum Gasteiger partial charge on any atom is -0.358 e. The van der Waals surface area contributed by atoms with E-state index in [1.165, 1.54) is 7.11 Å². The molecule has 6 heteroatoms. The summed E-state index contributed by atoms with van der Waals surface area (Å²) >= 11 is 0. The minimum atomic E-state index is -3.27. The van der Waals surface area contributed by atoms with Gasteiger partial charge in [0.2, 0.25) is 0 Å². The first-order valence-corrected chi connectivity index (χ1v) is 4.69. The molecule has 1 fully saturated rings. The van der Waals surface area contributed by atoms with E-state index < -0.39 is 7.82 Å². The monoisotopic (exact) mass is 182 g/mol. The smallest absolute Gasteiger partial charge is 0.358 e. The number of hydrogen-bond donors (Lipinski definition) is 0. The van der Waals surface area contributed by atoms with Gasteiger partial charge in [0.15, 0.2) is 6.79 Å². The highest BCUT2D eigenvalue weighted by atomic mass is 31.2. The predicted octanol–water partition coefficient (Wildman–Crippen LogP) is 1.15. The molecule has 1 rings (SSSR count). The van der Waals surface area contributed by atoms with Crippen molar-refractivity contribution in [3.63, 3.8) is 0 Å². The number of ether oxygens (including phenoxy) is 1. The molecule has 0 aromatic carbocycles. The van der Waals surface area contributed by atoms with E-state index in [4.69, 9.17) is 13.6 Å². The number of phosphoric acid groups is 1. The molecular formula is C5H11O5P. The molecule has 11 heavy (non-hydrogen) atoms. The molecule has 0 spiro atoms. The van der Waals surface area contributed by atoms with Gasteiger partial charge in [0, 0.05) is 7.11 Å². The third-order valence-electron chi connectivity index (χ3n) is 1.11. The summed E-state index contributed by atoms with van der Waals surface area (Å²) < 4.78 is 30.2. The molecule has 0 aromatic heterocycles. The van der Waals surface area contributed by atoms with Crippen LogP contribution < -0.4 is 0 Å². The Kier molecular flexibility index (Phi) is 3.04. The molecule has 1 aliphatic heterocycles. The van der Waals surface area contributed by atoms with Crippen LogP contribution in [0.5, 0.6) is 0 Å². The second kappa shape index (κ2) is 3.65. The summed E-state index contributed by atoms with van der Waals surface area (Å²) in [5.74, 6) is 0. The van der Waals surface area contributed by atoms with Crippen molar-refractivity contribution in [3.8, 4) is 0 Å². The molecule has 0 amide bonds. The van der Waals surface area contributed by atoms with Crippen molar-refractivity contribution in [2.24, 2.45) is 0 Å². The lowest BCUT2D eigenvalue weighted by Crippen LogP contribution is -2.00. The summed E-state index contributed by atoms with van der Waals surface area (Å²) in [5.41, 5.74) is 0. The molecule has 1 saturated heterocycles. The zero-order valence-corrected chi connectivity index (χ0v) is 7.37. The average molecular weight is 182 g/mol. The second-order valence-corrected chi connectivity index (χ2v) is 3.82. The Bertz CT molecular complexity index is 170. The van der Waals surface area contributed by atoms with Crippen molar-refractivity contribution in [1.29, 1.82) is 0 Å². The fraction of sp³-hybridized carbons (Fsp3) is 1.00. The molecule has 1 aliphatic rings. The van der Waals surface area contributed by atoms with Crippen LogP contribution in [-0.4, -0.2) is 26.6 Å². The van der Waals surface area contributed by atoms with Gasteiger partial charge in [0.25, 0.3) is 0 Å². The van der Waals surface area contributed by atoms with E-state index in [0.717, 1.165) is 0 Å². The summed E-state index contributed by atoms with van der Waals surface area (Å²) in [6.07, 6.45) is -0.169. The van der Waals surface area contributed by atoms with Crippen molar-refractivity contribution in [2.45, 2.75) is 13.0 Å². The summed E-state index contributed by atoms with van der Waals surface area (Å²) in [7, 11) is -1.83. The maximum Gasteiger partial charge on any atom is 0.477 e. The highest BCUT2D eigenvalue weighted by Crippen LogP contribution is 2.54. The van der Waals surface area contributed by atoms with Crippen LogP contribution in [0.2, 0.25) is 0 Å². The number of hydrogen-bond acceptors (Lipinski definition) is 5. The van der Waals surface area contributed by atoms with Crippen molar-refractivity contribution >= 4 is 7.82 Å². The first-order valence-electron chi connectivity index (χ1n) is 3.23. The van der Waals surface area contributed by atoms with Gasteiger partial charge in [0.05, 0.1) is 12.7 Å². The SMILES string of the molecule is COCOP1(=O)OCC(C)O1. The zero-order chi connectivity index (χ0) is 8.32. The van der Waals surface area contributed by atoms with Crippen LogP contribution in [0.25, 0.3) is 0 Å². The first-order chi connectivity index (χ1) is 5.16. The van der Waals surface area contributed by atoms with Crippen molar-refractivity contribution in [2.75, 3.05) is 20.5 Å². The van der Waals surface area contributed by atoms with Crippen LogP contribution >= 0.6 is 7.82 Å². The van der Waals surface area contributed by atoms with Gasteiger partial charge in [-0.1, -0.05) is 0 Å².